The number of anilines is 2. The second-order valence-corrected chi connectivity index (χ2v) is 7.36. The lowest BCUT2D eigenvalue weighted by atomic mass is 10.2. The maximum Gasteiger partial charge on any atom is 0.274 e. The molecular formula is C19H26N8O. The largest absolute Gasteiger partial charge is 0.353 e. The van der Waals surface area contributed by atoms with Gasteiger partial charge in [-0.1, -0.05) is 0 Å². The van der Waals surface area contributed by atoms with E-state index in [1.807, 2.05) is 24.0 Å². The SMILES string of the molecule is Cc1cnc(C(=O)N2CCN(c3ccc(N4CCN(C)CC4)nn3)CC2)cn1. The monoisotopic (exact) mass is 382 g/mol. The van der Waals surface area contributed by atoms with Crippen LogP contribution in [-0.2, 0) is 0 Å². The van der Waals surface area contributed by atoms with Crippen LogP contribution in [0.5, 0.6) is 0 Å². The molecule has 9 nitrogen and oxygen atoms in total. The fraction of sp³-hybridized carbons (Fsp3) is 0.526. The normalized spacial score (nSPS) is 18.4. The molecule has 4 heterocycles. The first kappa shape index (κ1) is 18.5. The molecular weight excluding hydrogens is 356 g/mol. The van der Waals surface area contributed by atoms with Crippen LogP contribution >= 0.6 is 0 Å². The van der Waals surface area contributed by atoms with E-state index >= 15 is 0 Å². The van der Waals surface area contributed by atoms with Gasteiger partial charge >= 0.3 is 0 Å². The molecule has 2 aromatic heterocycles. The van der Waals surface area contributed by atoms with Crippen LogP contribution in [0.2, 0.25) is 0 Å². The smallest absolute Gasteiger partial charge is 0.274 e. The Kier molecular flexibility index (Phi) is 5.34. The van der Waals surface area contributed by atoms with Gasteiger partial charge in [-0.25, -0.2) is 4.98 Å². The number of aryl methyl sites for hydroxylation is 1. The minimum absolute atomic E-state index is 0.0661. The highest BCUT2D eigenvalue weighted by molar-refractivity contribution is 5.92. The van der Waals surface area contributed by atoms with Gasteiger partial charge in [-0.05, 0) is 26.1 Å². The molecule has 0 aromatic carbocycles. The number of likely N-dealkylation sites (N-methyl/N-ethyl adjacent to an activating group) is 1. The van der Waals surface area contributed by atoms with Crippen LogP contribution in [0, 0.1) is 6.92 Å². The molecule has 2 aliphatic rings. The number of carbonyl (C=O) groups is 1. The molecule has 0 unspecified atom stereocenters. The van der Waals surface area contributed by atoms with Crippen molar-refractivity contribution in [3.63, 3.8) is 0 Å². The summed E-state index contributed by atoms with van der Waals surface area (Å²) in [5, 5.41) is 8.86. The molecule has 0 N–H and O–H groups in total. The first-order valence-electron chi connectivity index (χ1n) is 9.70. The zero-order valence-corrected chi connectivity index (χ0v) is 16.5. The molecule has 0 aliphatic carbocycles. The van der Waals surface area contributed by atoms with E-state index in [-0.39, 0.29) is 5.91 Å². The second-order valence-electron chi connectivity index (χ2n) is 7.36. The highest BCUT2D eigenvalue weighted by atomic mass is 16.2. The number of amides is 1. The van der Waals surface area contributed by atoms with Crippen LogP contribution in [0.25, 0.3) is 0 Å². The van der Waals surface area contributed by atoms with Crippen molar-refractivity contribution in [1.82, 2.24) is 30.0 Å². The summed E-state index contributed by atoms with van der Waals surface area (Å²) >= 11 is 0. The van der Waals surface area contributed by atoms with Gasteiger partial charge in [0, 0.05) is 58.6 Å². The Hall–Kier alpha value is -2.81. The van der Waals surface area contributed by atoms with Crippen molar-refractivity contribution < 1.29 is 4.79 Å². The third-order valence-electron chi connectivity index (χ3n) is 5.35. The second kappa shape index (κ2) is 8.05. The van der Waals surface area contributed by atoms with Crippen LogP contribution in [0.4, 0.5) is 11.6 Å². The number of nitrogens with zero attached hydrogens (tertiary/aromatic N) is 8. The van der Waals surface area contributed by atoms with E-state index in [0.717, 1.165) is 56.6 Å². The van der Waals surface area contributed by atoms with Crippen LogP contribution < -0.4 is 9.80 Å². The fourth-order valence-corrected chi connectivity index (χ4v) is 3.49. The highest BCUT2D eigenvalue weighted by Gasteiger charge is 2.24. The van der Waals surface area contributed by atoms with Crippen molar-refractivity contribution in [2.45, 2.75) is 6.92 Å². The van der Waals surface area contributed by atoms with Gasteiger partial charge in [-0.2, -0.15) is 0 Å². The minimum Gasteiger partial charge on any atom is -0.353 e. The maximum atomic E-state index is 12.6. The summed E-state index contributed by atoms with van der Waals surface area (Å²) < 4.78 is 0. The molecule has 2 fully saturated rings. The predicted molar refractivity (Wildman–Crippen MR) is 107 cm³/mol. The molecule has 2 saturated heterocycles. The molecule has 9 heteroatoms. The molecule has 4 rings (SSSR count). The summed E-state index contributed by atoms with van der Waals surface area (Å²) in [6.45, 7) is 8.64. The maximum absolute atomic E-state index is 12.6. The summed E-state index contributed by atoms with van der Waals surface area (Å²) in [6, 6.07) is 4.08. The van der Waals surface area contributed by atoms with Crippen molar-refractivity contribution in [3.05, 3.63) is 35.9 Å². The van der Waals surface area contributed by atoms with Gasteiger partial charge in [0.25, 0.3) is 5.91 Å². The Labute approximate surface area is 165 Å². The first-order chi connectivity index (χ1) is 13.6. The molecule has 0 saturated carbocycles. The minimum atomic E-state index is -0.0661. The van der Waals surface area contributed by atoms with Crippen molar-refractivity contribution in [1.29, 1.82) is 0 Å². The number of aromatic nitrogens is 4. The zero-order chi connectivity index (χ0) is 19.5. The van der Waals surface area contributed by atoms with Crippen LogP contribution in [0.3, 0.4) is 0 Å². The zero-order valence-electron chi connectivity index (χ0n) is 16.5. The molecule has 148 valence electrons. The lowest BCUT2D eigenvalue weighted by Gasteiger charge is -2.35. The van der Waals surface area contributed by atoms with Crippen molar-refractivity contribution in [2.24, 2.45) is 0 Å². The number of rotatable bonds is 3. The Morgan fingerprint density at radius 3 is 1.89 bits per heavy atom. The highest BCUT2D eigenvalue weighted by Crippen LogP contribution is 2.18. The third kappa shape index (κ3) is 4.04. The molecule has 2 aromatic rings. The van der Waals surface area contributed by atoms with Crippen molar-refractivity contribution in [2.75, 3.05) is 69.2 Å². The Morgan fingerprint density at radius 1 is 0.821 bits per heavy atom. The number of hydrogen-bond donors (Lipinski definition) is 0. The number of hydrogen-bond acceptors (Lipinski definition) is 8. The van der Waals surface area contributed by atoms with Gasteiger partial charge in [-0.15, -0.1) is 10.2 Å². The van der Waals surface area contributed by atoms with Crippen LogP contribution in [0.1, 0.15) is 16.2 Å². The summed E-state index contributed by atoms with van der Waals surface area (Å²) in [6.07, 6.45) is 3.17. The number of carbonyl (C=O) groups excluding carboxylic acids is 1. The molecule has 2 aliphatic heterocycles. The van der Waals surface area contributed by atoms with Gasteiger partial charge in [-0.3, -0.25) is 9.78 Å². The Morgan fingerprint density at radius 2 is 1.39 bits per heavy atom. The molecule has 0 radical (unpaired) electrons. The standard InChI is InChI=1S/C19H26N8O/c1-15-13-21-16(14-20-15)19(28)27-11-9-26(10-12-27)18-4-3-17(22-23-18)25-7-5-24(2)6-8-25/h3-4,13-14H,5-12H2,1-2H3. The van der Waals surface area contributed by atoms with Gasteiger partial charge in [0.2, 0.25) is 0 Å². The first-order valence-corrected chi connectivity index (χ1v) is 9.70. The van der Waals surface area contributed by atoms with Gasteiger partial charge in [0.15, 0.2) is 11.6 Å². The molecule has 0 spiro atoms. The third-order valence-corrected chi connectivity index (χ3v) is 5.35. The van der Waals surface area contributed by atoms with Gasteiger partial charge in [0.05, 0.1) is 11.9 Å². The van der Waals surface area contributed by atoms with Crippen LogP contribution in [0.15, 0.2) is 24.5 Å². The quantitative estimate of drug-likeness (QED) is 0.749. The molecule has 0 atom stereocenters. The van der Waals surface area contributed by atoms with E-state index in [9.17, 15) is 4.79 Å². The molecule has 28 heavy (non-hydrogen) atoms. The van der Waals surface area contributed by atoms with E-state index in [1.54, 1.807) is 12.4 Å². The van der Waals surface area contributed by atoms with Crippen molar-refractivity contribution in [3.8, 4) is 0 Å². The van der Waals surface area contributed by atoms with E-state index in [2.05, 4.69) is 41.9 Å². The average molecular weight is 382 g/mol. The number of piperazine rings is 2. The van der Waals surface area contributed by atoms with E-state index in [0.29, 0.717) is 18.8 Å². The predicted octanol–water partition coefficient (Wildman–Crippen LogP) is 0.289. The fourth-order valence-electron chi connectivity index (χ4n) is 3.49. The van der Waals surface area contributed by atoms with Crippen LogP contribution in [-0.4, -0.2) is 95.3 Å². The van der Waals surface area contributed by atoms with E-state index in [4.69, 9.17) is 0 Å². The summed E-state index contributed by atoms with van der Waals surface area (Å²) in [4.78, 5) is 29.5. The summed E-state index contributed by atoms with van der Waals surface area (Å²) in [5.74, 6) is 1.73. The lowest BCUT2D eigenvalue weighted by Crippen LogP contribution is -2.49. The topological polar surface area (TPSA) is 81.6 Å². The molecule has 1 amide bonds. The van der Waals surface area contributed by atoms with Gasteiger partial charge < -0.3 is 19.6 Å². The van der Waals surface area contributed by atoms with E-state index < -0.39 is 0 Å². The lowest BCUT2D eigenvalue weighted by molar-refractivity contribution is 0.0740. The Bertz CT molecular complexity index is 794. The van der Waals surface area contributed by atoms with Gasteiger partial charge in [0.1, 0.15) is 5.69 Å². The molecule has 0 bridgehead atoms. The summed E-state index contributed by atoms with van der Waals surface area (Å²) in [5.41, 5.74) is 1.20. The average Bonchev–Trinajstić information content (AvgIpc) is 2.75. The summed E-state index contributed by atoms with van der Waals surface area (Å²) in [7, 11) is 2.14. The van der Waals surface area contributed by atoms with E-state index in [1.165, 1.54) is 0 Å². The Balaban J connectivity index is 1.33. The van der Waals surface area contributed by atoms with Crippen molar-refractivity contribution >= 4 is 17.5 Å².